The molecule has 2 aromatic rings. The molecule has 5 nitrogen and oxygen atoms in total. The standard InChI is InChI=1S/C16H21N3O2/c1-12(20)13-5-6-15(21-4)14(9-13)10-18(2)11-16-17-7-8-19(16)3/h5-9H,10-11H2,1-4H3. The Morgan fingerprint density at radius 2 is 2.14 bits per heavy atom. The summed E-state index contributed by atoms with van der Waals surface area (Å²) in [5.41, 5.74) is 1.71. The molecule has 0 fully saturated rings. The normalized spacial score (nSPS) is 10.9. The number of Topliss-reactive ketones (excluding diaryl/α,β-unsaturated/α-hetero) is 1. The van der Waals surface area contributed by atoms with Crippen LogP contribution in [-0.2, 0) is 20.1 Å². The number of nitrogens with zero attached hydrogens (tertiary/aromatic N) is 3. The van der Waals surface area contributed by atoms with Crippen molar-refractivity contribution in [3.8, 4) is 5.75 Å². The van der Waals surface area contributed by atoms with Gasteiger partial charge < -0.3 is 9.30 Å². The number of benzene rings is 1. The Morgan fingerprint density at radius 3 is 2.71 bits per heavy atom. The minimum Gasteiger partial charge on any atom is -0.496 e. The van der Waals surface area contributed by atoms with E-state index in [9.17, 15) is 4.79 Å². The minimum absolute atomic E-state index is 0.0608. The lowest BCUT2D eigenvalue weighted by Gasteiger charge is -2.18. The Morgan fingerprint density at radius 1 is 1.38 bits per heavy atom. The number of carbonyl (C=O) groups is 1. The summed E-state index contributed by atoms with van der Waals surface area (Å²) < 4.78 is 7.38. The van der Waals surface area contributed by atoms with Crippen LogP contribution in [0.3, 0.4) is 0 Å². The number of ketones is 1. The molecule has 0 saturated carbocycles. The van der Waals surface area contributed by atoms with Gasteiger partial charge in [0.15, 0.2) is 5.78 Å². The number of hydrogen-bond acceptors (Lipinski definition) is 4. The average molecular weight is 287 g/mol. The van der Waals surface area contributed by atoms with E-state index in [4.69, 9.17) is 4.74 Å². The van der Waals surface area contributed by atoms with Gasteiger partial charge in [-0.3, -0.25) is 9.69 Å². The molecule has 0 unspecified atom stereocenters. The predicted molar refractivity (Wildman–Crippen MR) is 81.4 cm³/mol. The van der Waals surface area contributed by atoms with Gasteiger partial charge in [-0.1, -0.05) is 0 Å². The van der Waals surface area contributed by atoms with Gasteiger partial charge in [0.2, 0.25) is 0 Å². The highest BCUT2D eigenvalue weighted by Crippen LogP contribution is 2.22. The number of ether oxygens (including phenoxy) is 1. The molecule has 21 heavy (non-hydrogen) atoms. The van der Waals surface area contributed by atoms with E-state index in [-0.39, 0.29) is 5.78 Å². The van der Waals surface area contributed by atoms with E-state index >= 15 is 0 Å². The largest absolute Gasteiger partial charge is 0.496 e. The van der Waals surface area contributed by atoms with Crippen LogP contribution >= 0.6 is 0 Å². The molecule has 0 atom stereocenters. The maximum absolute atomic E-state index is 11.5. The third-order valence-electron chi connectivity index (χ3n) is 3.46. The lowest BCUT2D eigenvalue weighted by atomic mass is 10.1. The molecule has 0 aliphatic carbocycles. The molecule has 0 aliphatic heterocycles. The Hall–Kier alpha value is -2.14. The van der Waals surface area contributed by atoms with Crippen molar-refractivity contribution in [2.45, 2.75) is 20.0 Å². The van der Waals surface area contributed by atoms with Gasteiger partial charge in [-0.2, -0.15) is 0 Å². The molecule has 5 heteroatoms. The number of aryl methyl sites for hydroxylation is 1. The number of imidazole rings is 1. The molecule has 0 radical (unpaired) electrons. The smallest absolute Gasteiger partial charge is 0.159 e. The van der Waals surface area contributed by atoms with Crippen LogP contribution in [0, 0.1) is 0 Å². The van der Waals surface area contributed by atoms with Crippen LogP contribution in [0.4, 0.5) is 0 Å². The molecule has 0 saturated heterocycles. The Labute approximate surface area is 125 Å². The van der Waals surface area contributed by atoms with Gasteiger partial charge in [0.05, 0.1) is 13.7 Å². The number of methoxy groups -OCH3 is 1. The van der Waals surface area contributed by atoms with Crippen molar-refractivity contribution >= 4 is 5.78 Å². The van der Waals surface area contributed by atoms with E-state index in [1.54, 1.807) is 26.3 Å². The zero-order chi connectivity index (χ0) is 15.4. The summed E-state index contributed by atoms with van der Waals surface area (Å²) in [6.07, 6.45) is 3.72. The van der Waals surface area contributed by atoms with Gasteiger partial charge >= 0.3 is 0 Å². The van der Waals surface area contributed by atoms with Crippen LogP contribution in [0.2, 0.25) is 0 Å². The summed E-state index contributed by atoms with van der Waals surface area (Å²) in [5, 5.41) is 0. The maximum atomic E-state index is 11.5. The molecular formula is C16H21N3O2. The molecule has 1 aromatic carbocycles. The zero-order valence-corrected chi connectivity index (χ0v) is 13.0. The summed E-state index contributed by atoms with van der Waals surface area (Å²) in [4.78, 5) is 18.0. The maximum Gasteiger partial charge on any atom is 0.159 e. The number of rotatable bonds is 6. The van der Waals surface area contributed by atoms with Crippen molar-refractivity contribution < 1.29 is 9.53 Å². The number of carbonyl (C=O) groups excluding carboxylic acids is 1. The molecule has 0 spiro atoms. The highest BCUT2D eigenvalue weighted by atomic mass is 16.5. The summed E-state index contributed by atoms with van der Waals surface area (Å²) >= 11 is 0. The van der Waals surface area contributed by atoms with Crippen LogP contribution in [-0.4, -0.2) is 34.4 Å². The first-order chi connectivity index (χ1) is 10.0. The molecule has 0 N–H and O–H groups in total. The van der Waals surface area contributed by atoms with Crippen molar-refractivity contribution in [1.82, 2.24) is 14.5 Å². The molecule has 1 heterocycles. The quantitative estimate of drug-likeness (QED) is 0.765. The molecular weight excluding hydrogens is 266 g/mol. The third kappa shape index (κ3) is 3.70. The van der Waals surface area contributed by atoms with Crippen LogP contribution in [0.15, 0.2) is 30.6 Å². The first-order valence-electron chi connectivity index (χ1n) is 6.84. The van der Waals surface area contributed by atoms with Gasteiger partial charge in [0.1, 0.15) is 11.6 Å². The summed E-state index contributed by atoms with van der Waals surface area (Å²) in [6, 6.07) is 5.54. The zero-order valence-electron chi connectivity index (χ0n) is 13.0. The Balaban J connectivity index is 2.15. The lowest BCUT2D eigenvalue weighted by molar-refractivity contribution is 0.101. The third-order valence-corrected chi connectivity index (χ3v) is 3.46. The number of hydrogen-bond donors (Lipinski definition) is 0. The molecule has 0 bridgehead atoms. The van der Waals surface area contributed by atoms with E-state index < -0.39 is 0 Å². The van der Waals surface area contributed by atoms with Crippen molar-refractivity contribution in [2.75, 3.05) is 14.2 Å². The fourth-order valence-corrected chi connectivity index (χ4v) is 2.26. The van der Waals surface area contributed by atoms with E-state index in [0.717, 1.165) is 23.7 Å². The van der Waals surface area contributed by atoms with Crippen LogP contribution < -0.4 is 4.74 Å². The number of aromatic nitrogens is 2. The van der Waals surface area contributed by atoms with Gasteiger partial charge in [-0.25, -0.2) is 4.98 Å². The summed E-state index contributed by atoms with van der Waals surface area (Å²) in [7, 11) is 5.65. The van der Waals surface area contributed by atoms with Crippen molar-refractivity contribution in [1.29, 1.82) is 0 Å². The van der Waals surface area contributed by atoms with Gasteiger partial charge in [-0.05, 0) is 32.2 Å². The van der Waals surface area contributed by atoms with E-state index in [2.05, 4.69) is 9.88 Å². The SMILES string of the molecule is COc1ccc(C(C)=O)cc1CN(C)Cc1nccn1C. The van der Waals surface area contributed by atoms with Gasteiger partial charge in [0, 0.05) is 37.1 Å². The summed E-state index contributed by atoms with van der Waals surface area (Å²) in [6.45, 7) is 3.00. The van der Waals surface area contributed by atoms with Crippen molar-refractivity contribution in [2.24, 2.45) is 7.05 Å². The first-order valence-corrected chi connectivity index (χ1v) is 6.84. The van der Waals surface area contributed by atoms with Crippen LogP contribution in [0.5, 0.6) is 5.75 Å². The van der Waals surface area contributed by atoms with Gasteiger partial charge in [-0.15, -0.1) is 0 Å². The highest BCUT2D eigenvalue weighted by molar-refractivity contribution is 5.94. The Kier molecular flexibility index (Phi) is 4.75. The topological polar surface area (TPSA) is 47.4 Å². The molecule has 1 aromatic heterocycles. The predicted octanol–water partition coefficient (Wildman–Crippen LogP) is 2.26. The van der Waals surface area contributed by atoms with E-state index in [1.807, 2.05) is 37.0 Å². The molecule has 0 amide bonds. The van der Waals surface area contributed by atoms with Crippen molar-refractivity contribution in [3.63, 3.8) is 0 Å². The Bertz CT molecular complexity index is 634. The molecule has 2 rings (SSSR count). The van der Waals surface area contributed by atoms with E-state index in [0.29, 0.717) is 12.1 Å². The molecule has 112 valence electrons. The lowest BCUT2D eigenvalue weighted by Crippen LogP contribution is -2.20. The second kappa shape index (κ2) is 6.54. The second-order valence-corrected chi connectivity index (χ2v) is 5.21. The average Bonchev–Trinajstić information content (AvgIpc) is 2.84. The fourth-order valence-electron chi connectivity index (χ4n) is 2.26. The molecule has 0 aliphatic rings. The van der Waals surface area contributed by atoms with Crippen LogP contribution in [0.1, 0.15) is 28.7 Å². The first kappa shape index (κ1) is 15.3. The minimum atomic E-state index is 0.0608. The van der Waals surface area contributed by atoms with Gasteiger partial charge in [0.25, 0.3) is 0 Å². The van der Waals surface area contributed by atoms with E-state index in [1.165, 1.54) is 0 Å². The van der Waals surface area contributed by atoms with Crippen molar-refractivity contribution in [3.05, 3.63) is 47.5 Å². The summed E-state index contributed by atoms with van der Waals surface area (Å²) in [5.74, 6) is 1.86. The highest BCUT2D eigenvalue weighted by Gasteiger charge is 2.11. The second-order valence-electron chi connectivity index (χ2n) is 5.21. The monoisotopic (exact) mass is 287 g/mol. The van der Waals surface area contributed by atoms with Crippen LogP contribution in [0.25, 0.3) is 0 Å². The fraction of sp³-hybridized carbons (Fsp3) is 0.375.